The first-order valence-corrected chi connectivity index (χ1v) is 9.11. The molecule has 1 atom stereocenters. The van der Waals surface area contributed by atoms with Gasteiger partial charge < -0.3 is 10.4 Å². The van der Waals surface area contributed by atoms with Crippen molar-refractivity contribution in [2.45, 2.75) is 38.3 Å². The monoisotopic (exact) mass is 346 g/mol. The molecule has 0 unspecified atom stereocenters. The highest BCUT2D eigenvalue weighted by Gasteiger charge is 2.20. The van der Waals surface area contributed by atoms with E-state index in [0.29, 0.717) is 6.04 Å². The van der Waals surface area contributed by atoms with Gasteiger partial charge in [-0.3, -0.25) is 10.00 Å². The van der Waals surface area contributed by atoms with Crippen LogP contribution in [0.4, 0.5) is 4.39 Å². The van der Waals surface area contributed by atoms with E-state index in [4.69, 9.17) is 0 Å². The molecule has 5 nitrogen and oxygen atoms in total. The summed E-state index contributed by atoms with van der Waals surface area (Å²) < 4.78 is 13.1. The van der Waals surface area contributed by atoms with Gasteiger partial charge in [0.25, 0.3) is 0 Å². The molecule has 0 amide bonds. The first-order chi connectivity index (χ1) is 12.3. The highest BCUT2D eigenvalue weighted by molar-refractivity contribution is 5.62. The molecule has 0 radical (unpaired) electrons. The molecule has 136 valence electrons. The minimum absolute atomic E-state index is 0.234. The number of aliphatic hydroxyl groups is 1. The fraction of sp³-hybridized carbons (Fsp3) is 0.526. The molecule has 0 bridgehead atoms. The molecule has 1 saturated heterocycles. The zero-order valence-corrected chi connectivity index (χ0v) is 14.5. The average molecular weight is 346 g/mol. The number of rotatable bonds is 8. The summed E-state index contributed by atoms with van der Waals surface area (Å²) in [5.41, 5.74) is 2.96. The van der Waals surface area contributed by atoms with Crippen LogP contribution in [0.1, 0.15) is 31.2 Å². The summed E-state index contributed by atoms with van der Waals surface area (Å²) in [6.45, 7) is 4.04. The topological polar surface area (TPSA) is 64.2 Å². The Labute approximate surface area is 148 Å². The van der Waals surface area contributed by atoms with Crippen LogP contribution in [0.3, 0.4) is 0 Å². The molecule has 0 saturated carbocycles. The SMILES string of the molecule is OC[C@@H]1CCCCN1CCCNCc1cn[nH]c1-c1ccc(F)cc1. The summed E-state index contributed by atoms with van der Waals surface area (Å²) in [7, 11) is 0. The van der Waals surface area contributed by atoms with E-state index in [-0.39, 0.29) is 12.4 Å². The van der Waals surface area contributed by atoms with Gasteiger partial charge in [-0.05, 0) is 63.2 Å². The van der Waals surface area contributed by atoms with E-state index in [2.05, 4.69) is 20.4 Å². The highest BCUT2D eigenvalue weighted by atomic mass is 19.1. The Hall–Kier alpha value is -1.76. The zero-order chi connectivity index (χ0) is 17.5. The number of nitrogens with zero attached hydrogens (tertiary/aromatic N) is 2. The Bertz CT molecular complexity index is 643. The predicted octanol–water partition coefficient (Wildman–Crippen LogP) is 2.54. The van der Waals surface area contributed by atoms with E-state index in [9.17, 15) is 9.50 Å². The van der Waals surface area contributed by atoms with Crippen molar-refractivity contribution in [2.75, 3.05) is 26.2 Å². The van der Waals surface area contributed by atoms with Crippen LogP contribution in [0.25, 0.3) is 11.3 Å². The minimum Gasteiger partial charge on any atom is -0.395 e. The maximum Gasteiger partial charge on any atom is 0.123 e. The summed E-state index contributed by atoms with van der Waals surface area (Å²) in [6.07, 6.45) is 6.45. The number of aromatic amines is 1. The van der Waals surface area contributed by atoms with E-state index in [0.717, 1.165) is 55.8 Å². The van der Waals surface area contributed by atoms with Crippen molar-refractivity contribution >= 4 is 0 Å². The van der Waals surface area contributed by atoms with Gasteiger partial charge in [0.05, 0.1) is 18.5 Å². The molecule has 2 aromatic rings. The van der Waals surface area contributed by atoms with Crippen molar-refractivity contribution in [3.05, 3.63) is 41.8 Å². The van der Waals surface area contributed by atoms with Crippen LogP contribution in [0.15, 0.2) is 30.5 Å². The Morgan fingerprint density at radius 3 is 2.92 bits per heavy atom. The number of nitrogens with one attached hydrogen (secondary N) is 2. The lowest BCUT2D eigenvalue weighted by molar-refractivity contribution is 0.0893. The van der Waals surface area contributed by atoms with Crippen molar-refractivity contribution in [3.8, 4) is 11.3 Å². The highest BCUT2D eigenvalue weighted by Crippen LogP contribution is 2.21. The summed E-state index contributed by atoms with van der Waals surface area (Å²) in [6, 6.07) is 6.79. The van der Waals surface area contributed by atoms with E-state index < -0.39 is 0 Å². The molecule has 0 spiro atoms. The van der Waals surface area contributed by atoms with Gasteiger partial charge in [-0.2, -0.15) is 5.10 Å². The molecule has 1 aliphatic heterocycles. The molecule has 3 N–H and O–H groups in total. The summed E-state index contributed by atoms with van der Waals surface area (Å²) >= 11 is 0. The largest absolute Gasteiger partial charge is 0.395 e. The molecule has 3 rings (SSSR count). The van der Waals surface area contributed by atoms with Crippen LogP contribution in [0.5, 0.6) is 0 Å². The zero-order valence-electron chi connectivity index (χ0n) is 14.5. The third-order valence-electron chi connectivity index (χ3n) is 4.92. The van der Waals surface area contributed by atoms with E-state index in [1.807, 2.05) is 6.20 Å². The van der Waals surface area contributed by atoms with Crippen LogP contribution in [0.2, 0.25) is 0 Å². The lowest BCUT2D eigenvalue weighted by atomic mass is 10.0. The number of H-pyrrole nitrogens is 1. The van der Waals surface area contributed by atoms with Gasteiger partial charge in [-0.25, -0.2) is 4.39 Å². The maximum atomic E-state index is 13.1. The molecule has 25 heavy (non-hydrogen) atoms. The second kappa shape index (κ2) is 9.08. The van der Waals surface area contributed by atoms with Gasteiger partial charge in [-0.15, -0.1) is 0 Å². The van der Waals surface area contributed by atoms with Crippen molar-refractivity contribution in [3.63, 3.8) is 0 Å². The number of benzene rings is 1. The fourth-order valence-corrected chi connectivity index (χ4v) is 3.50. The van der Waals surface area contributed by atoms with Crippen molar-refractivity contribution < 1.29 is 9.50 Å². The molecule has 0 aliphatic carbocycles. The number of likely N-dealkylation sites (tertiary alicyclic amines) is 1. The molecule has 2 heterocycles. The third kappa shape index (κ3) is 4.87. The summed E-state index contributed by atoms with van der Waals surface area (Å²) in [4.78, 5) is 2.41. The number of hydrogen-bond donors (Lipinski definition) is 3. The van der Waals surface area contributed by atoms with E-state index >= 15 is 0 Å². The predicted molar refractivity (Wildman–Crippen MR) is 96.6 cm³/mol. The van der Waals surface area contributed by atoms with Crippen LogP contribution in [0, 0.1) is 5.82 Å². The Morgan fingerprint density at radius 1 is 1.28 bits per heavy atom. The van der Waals surface area contributed by atoms with Crippen molar-refractivity contribution in [1.82, 2.24) is 20.4 Å². The third-order valence-corrected chi connectivity index (χ3v) is 4.92. The van der Waals surface area contributed by atoms with E-state index in [1.165, 1.54) is 25.0 Å². The maximum absolute atomic E-state index is 13.1. The first kappa shape index (κ1) is 18.0. The van der Waals surface area contributed by atoms with Crippen LogP contribution in [-0.2, 0) is 6.54 Å². The lowest BCUT2D eigenvalue weighted by Crippen LogP contribution is -2.42. The molecule has 1 aliphatic rings. The molecule has 1 aromatic heterocycles. The number of aromatic nitrogens is 2. The summed E-state index contributed by atoms with van der Waals surface area (Å²) in [5, 5.41) is 20.0. The molecular formula is C19H27FN4O. The van der Waals surface area contributed by atoms with E-state index in [1.54, 1.807) is 12.1 Å². The molecular weight excluding hydrogens is 319 g/mol. The normalized spacial score (nSPS) is 18.6. The van der Waals surface area contributed by atoms with Crippen LogP contribution < -0.4 is 5.32 Å². The van der Waals surface area contributed by atoms with Gasteiger partial charge in [0.1, 0.15) is 5.82 Å². The Kier molecular flexibility index (Phi) is 6.55. The molecule has 6 heteroatoms. The van der Waals surface area contributed by atoms with Crippen LogP contribution >= 0.6 is 0 Å². The molecule has 1 aromatic carbocycles. The lowest BCUT2D eigenvalue weighted by Gasteiger charge is -2.34. The first-order valence-electron chi connectivity index (χ1n) is 9.11. The Balaban J connectivity index is 1.44. The quantitative estimate of drug-likeness (QED) is 0.643. The smallest absolute Gasteiger partial charge is 0.123 e. The van der Waals surface area contributed by atoms with Crippen LogP contribution in [-0.4, -0.2) is 52.5 Å². The fourth-order valence-electron chi connectivity index (χ4n) is 3.50. The average Bonchev–Trinajstić information content (AvgIpc) is 3.11. The minimum atomic E-state index is -0.234. The van der Waals surface area contributed by atoms with Gasteiger partial charge in [0.2, 0.25) is 0 Å². The second-order valence-electron chi connectivity index (χ2n) is 6.68. The number of aliphatic hydroxyl groups excluding tert-OH is 1. The number of hydrogen-bond acceptors (Lipinski definition) is 4. The number of halogens is 1. The van der Waals surface area contributed by atoms with Gasteiger partial charge in [0, 0.05) is 23.7 Å². The van der Waals surface area contributed by atoms with Crippen molar-refractivity contribution in [2.24, 2.45) is 0 Å². The van der Waals surface area contributed by atoms with Gasteiger partial charge in [0.15, 0.2) is 0 Å². The Morgan fingerprint density at radius 2 is 2.12 bits per heavy atom. The summed E-state index contributed by atoms with van der Waals surface area (Å²) in [5.74, 6) is -0.234. The molecule has 1 fully saturated rings. The number of piperidine rings is 1. The van der Waals surface area contributed by atoms with Gasteiger partial charge >= 0.3 is 0 Å². The second-order valence-corrected chi connectivity index (χ2v) is 6.68. The van der Waals surface area contributed by atoms with Crippen molar-refractivity contribution in [1.29, 1.82) is 0 Å². The van der Waals surface area contributed by atoms with Gasteiger partial charge in [-0.1, -0.05) is 6.42 Å². The standard InChI is InChI=1S/C19H27FN4O/c20-17-7-5-15(6-8-17)19-16(13-22-23-19)12-21-9-3-11-24-10-2-1-4-18(24)14-25/h5-8,13,18,21,25H,1-4,9-12,14H2,(H,22,23)/t18-/m0/s1.